The first-order valence-electron chi connectivity index (χ1n) is 8.92. The number of fused-ring (bicyclic) bond motifs is 1. The molecule has 2 aromatic carbocycles. The molecule has 0 aliphatic rings. The van der Waals surface area contributed by atoms with E-state index in [0.717, 1.165) is 0 Å². The Bertz CT molecular complexity index is 1150. The third-order valence-corrected chi connectivity index (χ3v) is 5.51. The third kappa shape index (κ3) is 4.34. The second-order valence-corrected chi connectivity index (χ2v) is 8.23. The molecule has 29 heavy (non-hydrogen) atoms. The molecule has 0 spiro atoms. The van der Waals surface area contributed by atoms with Gasteiger partial charge in [0.25, 0.3) is 10.0 Å². The number of nitrogens with zero attached hydrogens (tertiary/aromatic N) is 1. The Balaban J connectivity index is 1.91. The molecule has 0 saturated carbocycles. The number of furan rings is 1. The molecule has 1 N–H and O–H groups in total. The Morgan fingerprint density at radius 1 is 1.21 bits per heavy atom. The molecule has 9 heteroatoms. The minimum atomic E-state index is -4.22. The molecule has 3 rings (SSSR count). The van der Waals surface area contributed by atoms with Crippen LogP contribution in [0.5, 0.6) is 5.75 Å². The second kappa shape index (κ2) is 8.12. The Kier molecular flexibility index (Phi) is 5.78. The lowest BCUT2D eigenvalue weighted by Gasteiger charge is -2.12. The first-order valence-corrected chi connectivity index (χ1v) is 10.4. The molecule has 1 heterocycles. The fourth-order valence-corrected chi connectivity index (χ4v) is 3.79. The summed E-state index contributed by atoms with van der Waals surface area (Å²) in [4.78, 5) is 14.0. The average Bonchev–Trinajstić information content (AvgIpc) is 3.11. The first-order chi connectivity index (χ1) is 13.7. The molecule has 0 aliphatic carbocycles. The monoisotopic (exact) mass is 420 g/mol. The number of rotatable bonds is 7. The summed E-state index contributed by atoms with van der Waals surface area (Å²) in [7, 11) is -0.749. The minimum Gasteiger partial charge on any atom is -0.492 e. The molecule has 1 amide bonds. The van der Waals surface area contributed by atoms with Crippen LogP contribution in [0.2, 0.25) is 0 Å². The maximum Gasteiger partial charge on any atom is 0.300 e. The summed E-state index contributed by atoms with van der Waals surface area (Å²) < 4.78 is 52.5. The average molecular weight is 420 g/mol. The molecule has 1 aromatic heterocycles. The topological polar surface area (TPSA) is 88.8 Å². The number of ether oxygens (including phenoxy) is 1. The van der Waals surface area contributed by atoms with Gasteiger partial charge in [-0.25, -0.2) is 17.5 Å². The van der Waals surface area contributed by atoms with E-state index in [0.29, 0.717) is 18.7 Å². The summed E-state index contributed by atoms with van der Waals surface area (Å²) in [5, 5.41) is 0.0878. The Morgan fingerprint density at radius 2 is 1.93 bits per heavy atom. The SMILES string of the molecule is CCCOc1ccccc1S(=O)(=O)NC(=O)c1cc2c(F)cc(N(C)C)cc2o1. The zero-order valence-corrected chi connectivity index (χ0v) is 17.0. The number of amides is 1. The maximum absolute atomic E-state index is 14.3. The van der Waals surface area contributed by atoms with E-state index in [1.54, 1.807) is 31.1 Å². The quantitative estimate of drug-likeness (QED) is 0.629. The van der Waals surface area contributed by atoms with Crippen LogP contribution in [0.1, 0.15) is 23.9 Å². The predicted octanol–water partition coefficient (Wildman–Crippen LogP) is 3.55. The van der Waals surface area contributed by atoms with E-state index in [1.807, 2.05) is 11.6 Å². The molecule has 0 bridgehead atoms. The van der Waals surface area contributed by atoms with Gasteiger partial charge in [0.2, 0.25) is 0 Å². The lowest BCUT2D eigenvalue weighted by Crippen LogP contribution is -2.30. The fraction of sp³-hybridized carbons (Fsp3) is 0.250. The van der Waals surface area contributed by atoms with Crippen LogP contribution in [0.15, 0.2) is 51.8 Å². The Labute approximate surface area is 168 Å². The van der Waals surface area contributed by atoms with Crippen LogP contribution in [0.4, 0.5) is 10.1 Å². The van der Waals surface area contributed by atoms with Crippen molar-refractivity contribution in [3.63, 3.8) is 0 Å². The number of halogens is 1. The van der Waals surface area contributed by atoms with Gasteiger partial charge in [-0.05, 0) is 24.6 Å². The van der Waals surface area contributed by atoms with E-state index in [1.165, 1.54) is 30.3 Å². The van der Waals surface area contributed by atoms with Gasteiger partial charge in [-0.3, -0.25) is 4.79 Å². The largest absolute Gasteiger partial charge is 0.492 e. The molecule has 0 unspecified atom stereocenters. The van der Waals surface area contributed by atoms with Crippen LogP contribution in [0.25, 0.3) is 11.0 Å². The molecule has 154 valence electrons. The highest BCUT2D eigenvalue weighted by atomic mass is 32.2. The molecule has 7 nitrogen and oxygen atoms in total. The number of anilines is 1. The number of carbonyl (C=O) groups is 1. The normalized spacial score (nSPS) is 11.4. The summed E-state index contributed by atoms with van der Waals surface area (Å²) in [5.41, 5.74) is 0.689. The van der Waals surface area contributed by atoms with Crippen molar-refractivity contribution in [3.05, 3.63) is 54.0 Å². The Morgan fingerprint density at radius 3 is 2.62 bits per heavy atom. The van der Waals surface area contributed by atoms with Crippen LogP contribution < -0.4 is 14.4 Å². The number of sulfonamides is 1. The van der Waals surface area contributed by atoms with E-state index >= 15 is 0 Å². The third-order valence-electron chi connectivity index (χ3n) is 4.14. The number of carbonyl (C=O) groups excluding carboxylic acids is 1. The van der Waals surface area contributed by atoms with Crippen LogP contribution in [-0.2, 0) is 10.0 Å². The fourth-order valence-electron chi connectivity index (χ4n) is 2.68. The molecule has 0 radical (unpaired) electrons. The summed E-state index contributed by atoms with van der Waals surface area (Å²) in [6.07, 6.45) is 0.695. The number of hydrogen-bond donors (Lipinski definition) is 1. The lowest BCUT2D eigenvalue weighted by molar-refractivity contribution is 0.0956. The van der Waals surface area contributed by atoms with Gasteiger partial charge in [-0.1, -0.05) is 19.1 Å². The number of nitrogens with one attached hydrogen (secondary N) is 1. The van der Waals surface area contributed by atoms with Gasteiger partial charge < -0.3 is 14.1 Å². The molecule has 0 fully saturated rings. The van der Waals surface area contributed by atoms with E-state index in [2.05, 4.69) is 0 Å². The van der Waals surface area contributed by atoms with Gasteiger partial charge in [0, 0.05) is 31.9 Å². The minimum absolute atomic E-state index is 0.0878. The van der Waals surface area contributed by atoms with Crippen molar-refractivity contribution in [2.24, 2.45) is 0 Å². The smallest absolute Gasteiger partial charge is 0.300 e. The van der Waals surface area contributed by atoms with Gasteiger partial charge >= 0.3 is 5.91 Å². The summed E-state index contributed by atoms with van der Waals surface area (Å²) >= 11 is 0. The molecule has 0 saturated heterocycles. The number of para-hydroxylation sites is 1. The Hall–Kier alpha value is -3.07. The highest BCUT2D eigenvalue weighted by Gasteiger charge is 2.25. The van der Waals surface area contributed by atoms with Crippen LogP contribution >= 0.6 is 0 Å². The molecule has 0 atom stereocenters. The standard InChI is InChI=1S/C20H21FN2O5S/c1-4-9-27-16-7-5-6-8-19(16)29(25,26)22-20(24)18-12-14-15(21)10-13(23(2)3)11-17(14)28-18/h5-8,10-12H,4,9H2,1-3H3,(H,22,24). The number of benzene rings is 2. The van der Waals surface area contributed by atoms with Crippen molar-refractivity contribution in [3.8, 4) is 5.75 Å². The molecular weight excluding hydrogens is 399 g/mol. The molecule has 0 aliphatic heterocycles. The highest BCUT2D eigenvalue weighted by Crippen LogP contribution is 2.28. The van der Waals surface area contributed by atoms with Gasteiger partial charge in [-0.15, -0.1) is 0 Å². The van der Waals surface area contributed by atoms with Crippen molar-refractivity contribution in [2.75, 3.05) is 25.6 Å². The second-order valence-electron chi connectivity index (χ2n) is 6.57. The highest BCUT2D eigenvalue weighted by molar-refractivity contribution is 7.90. The molecular formula is C20H21FN2O5S. The maximum atomic E-state index is 14.3. The van der Waals surface area contributed by atoms with Crippen LogP contribution in [0, 0.1) is 5.82 Å². The van der Waals surface area contributed by atoms with Crippen molar-refractivity contribution < 1.29 is 26.8 Å². The first kappa shape index (κ1) is 20.7. The summed E-state index contributed by atoms with van der Waals surface area (Å²) in [6, 6.07) is 10.0. The van der Waals surface area contributed by atoms with Gasteiger partial charge in [0.15, 0.2) is 5.76 Å². The van der Waals surface area contributed by atoms with Gasteiger partial charge in [0.05, 0.1) is 12.0 Å². The zero-order chi connectivity index (χ0) is 21.2. The van der Waals surface area contributed by atoms with Crippen molar-refractivity contribution in [1.29, 1.82) is 0 Å². The van der Waals surface area contributed by atoms with Gasteiger partial charge in [0.1, 0.15) is 22.0 Å². The summed E-state index contributed by atoms with van der Waals surface area (Å²) in [5.74, 6) is -1.75. The van der Waals surface area contributed by atoms with Crippen LogP contribution in [-0.4, -0.2) is 35.0 Å². The van der Waals surface area contributed by atoms with E-state index < -0.39 is 21.7 Å². The van der Waals surface area contributed by atoms with Crippen molar-refractivity contribution in [1.82, 2.24) is 4.72 Å². The van der Waals surface area contributed by atoms with E-state index in [-0.39, 0.29) is 27.4 Å². The van der Waals surface area contributed by atoms with Crippen LogP contribution in [0.3, 0.4) is 0 Å². The lowest BCUT2D eigenvalue weighted by atomic mass is 10.2. The zero-order valence-electron chi connectivity index (χ0n) is 16.2. The van der Waals surface area contributed by atoms with E-state index in [4.69, 9.17) is 9.15 Å². The predicted molar refractivity (Wildman–Crippen MR) is 107 cm³/mol. The number of hydrogen-bond acceptors (Lipinski definition) is 6. The van der Waals surface area contributed by atoms with Crippen molar-refractivity contribution >= 4 is 32.6 Å². The van der Waals surface area contributed by atoms with E-state index in [9.17, 15) is 17.6 Å². The van der Waals surface area contributed by atoms with Crippen molar-refractivity contribution in [2.45, 2.75) is 18.2 Å². The molecule has 3 aromatic rings. The van der Waals surface area contributed by atoms with Gasteiger partial charge in [-0.2, -0.15) is 0 Å². The summed E-state index contributed by atoms with van der Waals surface area (Å²) in [6.45, 7) is 2.22.